The first-order chi connectivity index (χ1) is 14.3. The molecular weight excluding hydrogens is 388 g/mol. The minimum absolute atomic E-state index is 0.108. The number of benzene rings is 1. The van der Waals surface area contributed by atoms with Gasteiger partial charge in [-0.3, -0.25) is 4.79 Å². The van der Waals surface area contributed by atoms with Crippen LogP contribution < -0.4 is 0 Å². The van der Waals surface area contributed by atoms with Crippen LogP contribution in [0.2, 0.25) is 0 Å². The number of likely N-dealkylation sites (tertiary alicyclic amines) is 1. The maximum absolute atomic E-state index is 14.3. The van der Waals surface area contributed by atoms with Crippen LogP contribution >= 0.6 is 0 Å². The molecule has 5 nitrogen and oxygen atoms in total. The molecule has 156 valence electrons. The maximum Gasteiger partial charge on any atom is 0.235 e. The molecule has 0 N–H and O–H groups in total. The lowest BCUT2D eigenvalue weighted by Crippen LogP contribution is -2.54. The molecule has 3 heterocycles. The zero-order valence-electron chi connectivity index (χ0n) is 17.0. The van der Waals surface area contributed by atoms with Gasteiger partial charge in [0, 0.05) is 6.54 Å². The molecule has 4 aliphatic rings. The summed E-state index contributed by atoms with van der Waals surface area (Å²) in [5, 5.41) is 8.66. The molecule has 1 saturated carbocycles. The predicted molar refractivity (Wildman–Crippen MR) is 105 cm³/mol. The van der Waals surface area contributed by atoms with E-state index in [0.717, 1.165) is 24.8 Å². The average molecular weight is 411 g/mol. The van der Waals surface area contributed by atoms with Gasteiger partial charge in [-0.2, -0.15) is 5.10 Å². The van der Waals surface area contributed by atoms with Gasteiger partial charge in [0.25, 0.3) is 0 Å². The number of aromatic nitrogens is 2. The summed E-state index contributed by atoms with van der Waals surface area (Å²) in [5.41, 5.74) is 0.546. The highest BCUT2D eigenvalue weighted by Gasteiger charge is 2.69. The summed E-state index contributed by atoms with van der Waals surface area (Å²) < 4.78 is 34.4. The summed E-state index contributed by atoms with van der Waals surface area (Å²) in [6.07, 6.45) is 2.62. The van der Waals surface area contributed by atoms with E-state index in [9.17, 15) is 13.6 Å². The van der Waals surface area contributed by atoms with Crippen LogP contribution in [0, 0.1) is 17.0 Å². The van der Waals surface area contributed by atoms with Crippen molar-refractivity contribution in [2.45, 2.75) is 56.6 Å². The normalized spacial score (nSPS) is 32.7. The third kappa shape index (κ3) is 2.06. The summed E-state index contributed by atoms with van der Waals surface area (Å²) in [6, 6.07) is 5.67. The van der Waals surface area contributed by atoms with E-state index in [1.807, 2.05) is 4.90 Å². The highest BCUT2D eigenvalue weighted by Crippen LogP contribution is 2.68. The molecule has 3 fully saturated rings. The number of carbonyl (C=O) groups excluding carboxylic acids is 1. The van der Waals surface area contributed by atoms with Crippen LogP contribution in [0.3, 0.4) is 0 Å². The zero-order valence-corrected chi connectivity index (χ0v) is 17.0. The summed E-state index contributed by atoms with van der Waals surface area (Å²) in [7, 11) is 0. The number of amides is 1. The lowest BCUT2D eigenvalue weighted by Gasteiger charge is -2.41. The second-order valence-corrected chi connectivity index (χ2v) is 9.65. The van der Waals surface area contributed by atoms with E-state index in [-0.39, 0.29) is 40.6 Å². The smallest absolute Gasteiger partial charge is 0.235 e. The van der Waals surface area contributed by atoms with Crippen molar-refractivity contribution in [3.05, 3.63) is 47.2 Å². The van der Waals surface area contributed by atoms with Crippen molar-refractivity contribution in [3.8, 4) is 11.3 Å². The Bertz CT molecular complexity index is 1070. The monoisotopic (exact) mass is 411 g/mol. The van der Waals surface area contributed by atoms with Crippen LogP contribution in [-0.2, 0) is 14.9 Å². The summed E-state index contributed by atoms with van der Waals surface area (Å²) in [6.45, 7) is 5.48. The molecular formula is C23H23F2N3O2. The van der Waals surface area contributed by atoms with Crippen molar-refractivity contribution in [1.82, 2.24) is 15.1 Å². The highest BCUT2D eigenvalue weighted by molar-refractivity contribution is 5.92. The van der Waals surface area contributed by atoms with E-state index < -0.39 is 17.0 Å². The third-order valence-electron chi connectivity index (χ3n) is 8.13. The van der Waals surface area contributed by atoms with Crippen molar-refractivity contribution >= 4 is 5.91 Å². The number of morpholine rings is 1. The van der Waals surface area contributed by atoms with Gasteiger partial charge >= 0.3 is 0 Å². The van der Waals surface area contributed by atoms with E-state index >= 15 is 0 Å². The fraction of sp³-hybridized carbons (Fsp3) is 0.522. The van der Waals surface area contributed by atoms with Gasteiger partial charge in [0.15, 0.2) is 0 Å². The molecule has 0 spiro atoms. The topological polar surface area (TPSA) is 55.3 Å². The van der Waals surface area contributed by atoms with E-state index in [1.165, 1.54) is 18.2 Å². The number of nitrogens with zero attached hydrogens (tertiary/aromatic N) is 3. The van der Waals surface area contributed by atoms with E-state index in [2.05, 4.69) is 24.0 Å². The Morgan fingerprint density at radius 3 is 2.67 bits per heavy atom. The van der Waals surface area contributed by atoms with Gasteiger partial charge in [-0.1, -0.05) is 19.9 Å². The third-order valence-corrected chi connectivity index (χ3v) is 8.13. The average Bonchev–Trinajstić information content (AvgIpc) is 3.45. The van der Waals surface area contributed by atoms with Gasteiger partial charge in [-0.15, -0.1) is 5.10 Å². The molecule has 0 unspecified atom stereocenters. The molecule has 0 radical (unpaired) electrons. The molecule has 30 heavy (non-hydrogen) atoms. The minimum atomic E-state index is -0.739. The number of ether oxygens (including phenoxy) is 1. The number of halogens is 2. The summed E-state index contributed by atoms with van der Waals surface area (Å²) in [5.74, 6) is -1.10. The van der Waals surface area contributed by atoms with Crippen molar-refractivity contribution in [2.75, 3.05) is 13.2 Å². The summed E-state index contributed by atoms with van der Waals surface area (Å²) in [4.78, 5) is 15.9. The molecule has 1 aromatic carbocycles. The first-order valence-electron chi connectivity index (χ1n) is 10.6. The Morgan fingerprint density at radius 1 is 1.23 bits per heavy atom. The molecule has 1 amide bonds. The van der Waals surface area contributed by atoms with Gasteiger partial charge in [0.1, 0.15) is 11.6 Å². The van der Waals surface area contributed by atoms with Crippen LogP contribution in [-0.4, -0.2) is 46.3 Å². The molecule has 1 aromatic heterocycles. The number of rotatable bonds is 2. The Morgan fingerprint density at radius 2 is 2.00 bits per heavy atom. The predicted octanol–water partition coefficient (Wildman–Crippen LogP) is 3.58. The first kappa shape index (κ1) is 18.4. The Balaban J connectivity index is 1.48. The lowest BCUT2D eigenvalue weighted by molar-refractivity contribution is -0.145. The maximum atomic E-state index is 14.3. The number of hydrogen-bond donors (Lipinski definition) is 0. The van der Waals surface area contributed by atoms with Crippen molar-refractivity contribution in [2.24, 2.45) is 5.41 Å². The van der Waals surface area contributed by atoms with E-state index in [1.54, 1.807) is 6.07 Å². The second kappa shape index (κ2) is 5.84. The SMILES string of the molecule is CC1(C)[C@@H]2CC[C@@]1(C(=O)N1C[C@@H]3C[C@H]1CO3)c1nnc(-c3c(F)cccc3F)cc12. The molecule has 2 saturated heterocycles. The van der Waals surface area contributed by atoms with Crippen LogP contribution in [0.4, 0.5) is 8.78 Å². The molecule has 4 atom stereocenters. The lowest BCUT2D eigenvalue weighted by atomic mass is 9.67. The minimum Gasteiger partial charge on any atom is -0.374 e. The van der Waals surface area contributed by atoms with Gasteiger partial charge in [-0.05, 0) is 54.4 Å². The Labute approximate surface area is 173 Å². The molecule has 2 aliphatic heterocycles. The number of hydrogen-bond acceptors (Lipinski definition) is 4. The largest absolute Gasteiger partial charge is 0.374 e. The fourth-order valence-electron chi connectivity index (χ4n) is 6.55. The van der Waals surface area contributed by atoms with Gasteiger partial charge < -0.3 is 9.64 Å². The molecule has 7 heteroatoms. The fourth-order valence-corrected chi connectivity index (χ4v) is 6.55. The van der Waals surface area contributed by atoms with Crippen LogP contribution in [0.15, 0.2) is 24.3 Å². The Kier molecular flexibility index (Phi) is 3.58. The quantitative estimate of drug-likeness (QED) is 0.758. The van der Waals surface area contributed by atoms with Crippen molar-refractivity contribution in [3.63, 3.8) is 0 Å². The van der Waals surface area contributed by atoms with Gasteiger partial charge in [0.2, 0.25) is 5.91 Å². The second-order valence-electron chi connectivity index (χ2n) is 9.65. The molecule has 6 rings (SSSR count). The van der Waals surface area contributed by atoms with Gasteiger partial charge in [-0.25, -0.2) is 8.78 Å². The van der Waals surface area contributed by atoms with Crippen molar-refractivity contribution in [1.29, 1.82) is 0 Å². The summed E-state index contributed by atoms with van der Waals surface area (Å²) >= 11 is 0. The Hall–Kier alpha value is -2.41. The number of carbonyl (C=O) groups is 1. The van der Waals surface area contributed by atoms with E-state index in [0.29, 0.717) is 18.8 Å². The highest BCUT2D eigenvalue weighted by atomic mass is 19.1. The number of fused-ring (bicyclic) bond motifs is 7. The standard InChI is InChI=1S/C23H23F2N3O2/c1-22(2)15-6-7-23(22,21(29)28-10-13-8-12(28)11-30-13)20-14(15)9-18(26-27-20)19-16(24)4-3-5-17(19)25/h3-5,9,12-13,15H,6-8,10-11H2,1-2H3/t12-,13-,15+,23-/m0/s1. The molecule has 4 bridgehead atoms. The molecule has 2 aliphatic carbocycles. The zero-order chi connectivity index (χ0) is 20.8. The molecule has 2 aromatic rings. The van der Waals surface area contributed by atoms with E-state index in [4.69, 9.17) is 4.74 Å². The van der Waals surface area contributed by atoms with Gasteiger partial charge in [0.05, 0.1) is 41.1 Å². The van der Waals surface area contributed by atoms with Crippen LogP contribution in [0.25, 0.3) is 11.3 Å². The van der Waals surface area contributed by atoms with Crippen LogP contribution in [0.1, 0.15) is 50.3 Å². The first-order valence-corrected chi connectivity index (χ1v) is 10.6. The van der Waals surface area contributed by atoms with Crippen molar-refractivity contribution < 1.29 is 18.3 Å². The van der Waals surface area contributed by atoms with Crippen LogP contribution in [0.5, 0.6) is 0 Å².